The molecular formula is C17H14N2O2. The first-order chi connectivity index (χ1) is 10.2. The molecule has 0 heterocycles. The van der Waals surface area contributed by atoms with Crippen LogP contribution in [0.25, 0.3) is 0 Å². The maximum absolute atomic E-state index is 12.7. The van der Waals surface area contributed by atoms with Gasteiger partial charge in [0.15, 0.2) is 11.6 Å². The topological polar surface area (TPSA) is 72.2 Å². The molecule has 0 amide bonds. The molecule has 0 radical (unpaired) electrons. The van der Waals surface area contributed by atoms with Gasteiger partial charge in [0.25, 0.3) is 0 Å². The predicted molar refractivity (Wildman–Crippen MR) is 81.6 cm³/mol. The molecule has 2 aromatic carbocycles. The fourth-order valence-electron chi connectivity index (χ4n) is 2.53. The molecule has 21 heavy (non-hydrogen) atoms. The number of ketones is 2. The van der Waals surface area contributed by atoms with Crippen molar-refractivity contribution in [3.8, 4) is 0 Å². The van der Waals surface area contributed by atoms with Crippen molar-refractivity contribution < 1.29 is 9.59 Å². The number of carbonyl (C=O) groups is 2. The lowest BCUT2D eigenvalue weighted by molar-refractivity contribution is 0.0979. The van der Waals surface area contributed by atoms with Gasteiger partial charge in [0.2, 0.25) is 0 Å². The van der Waals surface area contributed by atoms with Crippen LogP contribution >= 0.6 is 0 Å². The molecule has 3 rings (SSSR count). The smallest absolute Gasteiger partial charge is 0.196 e. The number of anilines is 1. The van der Waals surface area contributed by atoms with E-state index in [2.05, 4.69) is 5.32 Å². The molecule has 0 aromatic heterocycles. The van der Waals surface area contributed by atoms with Crippen molar-refractivity contribution in [3.05, 3.63) is 77.0 Å². The van der Waals surface area contributed by atoms with E-state index >= 15 is 0 Å². The minimum absolute atomic E-state index is 0.113. The third-order valence-corrected chi connectivity index (χ3v) is 3.50. The lowest BCUT2D eigenvalue weighted by atomic mass is 9.83. The molecule has 1 aliphatic carbocycles. The number of carbonyl (C=O) groups excluding carboxylic acids is 2. The van der Waals surface area contributed by atoms with Crippen LogP contribution in [0.1, 0.15) is 31.8 Å². The second kappa shape index (κ2) is 5.25. The molecular weight excluding hydrogens is 264 g/mol. The molecule has 4 heteroatoms. The number of hydrogen-bond acceptors (Lipinski definition) is 4. The molecule has 0 fully saturated rings. The third kappa shape index (κ3) is 2.10. The van der Waals surface area contributed by atoms with Gasteiger partial charge >= 0.3 is 0 Å². The second-order valence-electron chi connectivity index (χ2n) is 4.74. The average Bonchev–Trinajstić information content (AvgIpc) is 2.53. The summed E-state index contributed by atoms with van der Waals surface area (Å²) in [5.41, 5.74) is 7.76. The van der Waals surface area contributed by atoms with Crippen LogP contribution in [0.4, 0.5) is 5.69 Å². The van der Waals surface area contributed by atoms with E-state index < -0.39 is 0 Å². The van der Waals surface area contributed by atoms with Crippen LogP contribution < -0.4 is 11.1 Å². The van der Waals surface area contributed by atoms with Gasteiger partial charge in [-0.3, -0.25) is 9.59 Å². The quantitative estimate of drug-likeness (QED) is 0.771. The number of nitrogens with two attached hydrogens (primary N) is 1. The van der Waals surface area contributed by atoms with E-state index in [-0.39, 0.29) is 11.6 Å². The molecule has 0 bridgehead atoms. The Labute approximate surface area is 122 Å². The van der Waals surface area contributed by atoms with Gasteiger partial charge in [-0.25, -0.2) is 0 Å². The van der Waals surface area contributed by atoms with Crippen LogP contribution in [0, 0.1) is 0 Å². The zero-order chi connectivity index (χ0) is 14.8. The SMILES string of the molecule is NC=CCNc1cccc2c1C(=O)c1ccccc1C2=O. The summed E-state index contributed by atoms with van der Waals surface area (Å²) >= 11 is 0. The minimum atomic E-state index is -0.125. The molecule has 3 N–H and O–H groups in total. The van der Waals surface area contributed by atoms with Crippen LogP contribution in [0.15, 0.2) is 54.7 Å². The highest BCUT2D eigenvalue weighted by atomic mass is 16.1. The van der Waals surface area contributed by atoms with Gasteiger partial charge in [-0.1, -0.05) is 36.4 Å². The zero-order valence-electron chi connectivity index (χ0n) is 11.3. The summed E-state index contributed by atoms with van der Waals surface area (Å²) in [6.07, 6.45) is 3.17. The molecule has 104 valence electrons. The van der Waals surface area contributed by atoms with Crippen molar-refractivity contribution in [2.45, 2.75) is 0 Å². The summed E-state index contributed by atoms with van der Waals surface area (Å²) in [7, 11) is 0. The zero-order valence-corrected chi connectivity index (χ0v) is 11.3. The van der Waals surface area contributed by atoms with Crippen LogP contribution in [0.2, 0.25) is 0 Å². The van der Waals surface area contributed by atoms with E-state index in [9.17, 15) is 9.59 Å². The Bertz CT molecular complexity index is 763. The number of rotatable bonds is 3. The van der Waals surface area contributed by atoms with E-state index in [0.29, 0.717) is 34.5 Å². The van der Waals surface area contributed by atoms with Gasteiger partial charge < -0.3 is 11.1 Å². The van der Waals surface area contributed by atoms with Crippen LogP contribution in [-0.2, 0) is 0 Å². The van der Waals surface area contributed by atoms with Crippen LogP contribution in [0.5, 0.6) is 0 Å². The second-order valence-corrected chi connectivity index (χ2v) is 4.74. The van der Waals surface area contributed by atoms with Gasteiger partial charge in [-0.05, 0) is 18.3 Å². The Morgan fingerprint density at radius 1 is 0.905 bits per heavy atom. The maximum Gasteiger partial charge on any atom is 0.196 e. The van der Waals surface area contributed by atoms with Crippen molar-refractivity contribution in [2.75, 3.05) is 11.9 Å². The first-order valence-electron chi connectivity index (χ1n) is 6.66. The Hall–Kier alpha value is -2.88. The van der Waals surface area contributed by atoms with Crippen LogP contribution in [0.3, 0.4) is 0 Å². The molecule has 0 saturated heterocycles. The van der Waals surface area contributed by atoms with Crippen LogP contribution in [-0.4, -0.2) is 18.1 Å². The summed E-state index contributed by atoms with van der Waals surface area (Å²) < 4.78 is 0. The first-order valence-corrected chi connectivity index (χ1v) is 6.66. The number of nitrogens with one attached hydrogen (secondary N) is 1. The highest BCUT2D eigenvalue weighted by Gasteiger charge is 2.30. The first kappa shape index (κ1) is 13.1. The van der Waals surface area contributed by atoms with Crippen molar-refractivity contribution in [2.24, 2.45) is 5.73 Å². The third-order valence-electron chi connectivity index (χ3n) is 3.50. The Morgan fingerprint density at radius 3 is 2.29 bits per heavy atom. The van der Waals surface area contributed by atoms with Gasteiger partial charge in [-0.2, -0.15) is 0 Å². The number of fused-ring (bicyclic) bond motifs is 2. The van der Waals surface area contributed by atoms with E-state index in [1.165, 1.54) is 6.20 Å². The summed E-state index contributed by atoms with van der Waals surface area (Å²) in [6.45, 7) is 0.496. The van der Waals surface area contributed by atoms with Gasteiger partial charge in [0.05, 0.1) is 5.56 Å². The fraction of sp³-hybridized carbons (Fsp3) is 0.0588. The van der Waals surface area contributed by atoms with E-state index in [0.717, 1.165) is 0 Å². The summed E-state index contributed by atoms with van der Waals surface area (Å²) in [4.78, 5) is 25.2. The monoisotopic (exact) mass is 278 g/mol. The summed E-state index contributed by atoms with van der Waals surface area (Å²) in [5.74, 6) is -0.238. The van der Waals surface area contributed by atoms with E-state index in [1.807, 2.05) is 0 Å². The summed E-state index contributed by atoms with van der Waals surface area (Å²) in [5, 5.41) is 3.12. The standard InChI is InChI=1S/C17H14N2O2/c18-9-4-10-19-14-8-3-7-13-15(14)17(21)12-6-2-1-5-11(12)16(13)20/h1-9,19H,10,18H2. The molecule has 2 aromatic rings. The Kier molecular flexibility index (Phi) is 3.28. The van der Waals surface area contributed by atoms with Gasteiger partial charge in [-0.15, -0.1) is 0 Å². The molecule has 0 atom stereocenters. The highest BCUT2D eigenvalue weighted by Crippen LogP contribution is 2.31. The van der Waals surface area contributed by atoms with Crippen molar-refractivity contribution in [1.29, 1.82) is 0 Å². The molecule has 0 unspecified atom stereocenters. The Morgan fingerprint density at radius 2 is 1.57 bits per heavy atom. The number of hydrogen-bond donors (Lipinski definition) is 2. The Balaban J connectivity index is 2.12. The number of benzene rings is 2. The molecule has 0 saturated carbocycles. The van der Waals surface area contributed by atoms with Gasteiger partial charge in [0, 0.05) is 28.9 Å². The van der Waals surface area contributed by atoms with Crippen molar-refractivity contribution in [1.82, 2.24) is 0 Å². The van der Waals surface area contributed by atoms with E-state index in [1.54, 1.807) is 48.5 Å². The molecule has 1 aliphatic rings. The predicted octanol–water partition coefficient (Wildman–Crippen LogP) is 2.35. The normalized spacial score (nSPS) is 13.1. The van der Waals surface area contributed by atoms with Crippen molar-refractivity contribution >= 4 is 17.3 Å². The maximum atomic E-state index is 12.7. The average molecular weight is 278 g/mol. The molecule has 0 aliphatic heterocycles. The minimum Gasteiger partial charge on any atom is -0.405 e. The lowest BCUT2D eigenvalue weighted by Gasteiger charge is -2.20. The van der Waals surface area contributed by atoms with Gasteiger partial charge in [0.1, 0.15) is 0 Å². The largest absolute Gasteiger partial charge is 0.405 e. The lowest BCUT2D eigenvalue weighted by Crippen LogP contribution is -2.22. The van der Waals surface area contributed by atoms with Crippen molar-refractivity contribution in [3.63, 3.8) is 0 Å². The fourth-order valence-corrected chi connectivity index (χ4v) is 2.53. The molecule has 4 nitrogen and oxygen atoms in total. The highest BCUT2D eigenvalue weighted by molar-refractivity contribution is 6.30. The summed E-state index contributed by atoms with van der Waals surface area (Å²) in [6, 6.07) is 12.2. The van der Waals surface area contributed by atoms with E-state index in [4.69, 9.17) is 5.73 Å². The molecule has 0 spiro atoms.